The van der Waals surface area contributed by atoms with E-state index >= 15 is 0 Å². The normalized spacial score (nSPS) is 17.0. The van der Waals surface area contributed by atoms with Crippen LogP contribution in [0.3, 0.4) is 0 Å². The molecule has 0 saturated carbocycles. The third-order valence-corrected chi connectivity index (χ3v) is 5.33. The van der Waals surface area contributed by atoms with Gasteiger partial charge >= 0.3 is 6.09 Å². The summed E-state index contributed by atoms with van der Waals surface area (Å²) >= 11 is 0. The molecule has 0 spiro atoms. The number of cyclic esters (lactones) is 1. The first-order chi connectivity index (χ1) is 13.6. The van der Waals surface area contributed by atoms with E-state index in [1.54, 1.807) is 11.1 Å². The summed E-state index contributed by atoms with van der Waals surface area (Å²) in [6.45, 7) is 4.63. The van der Waals surface area contributed by atoms with Crippen LogP contribution in [-0.2, 0) is 4.74 Å². The van der Waals surface area contributed by atoms with Crippen LogP contribution in [0.15, 0.2) is 60.8 Å². The van der Waals surface area contributed by atoms with Crippen molar-refractivity contribution in [1.82, 2.24) is 14.6 Å². The molecule has 1 atom stereocenters. The molecule has 0 radical (unpaired) electrons. The van der Waals surface area contributed by atoms with E-state index in [9.17, 15) is 4.79 Å². The molecular weight excluding hydrogens is 352 g/mol. The number of para-hydroxylation sites is 1. The quantitative estimate of drug-likeness (QED) is 0.530. The summed E-state index contributed by atoms with van der Waals surface area (Å²) in [5.41, 5.74) is 3.73. The van der Waals surface area contributed by atoms with Gasteiger partial charge in [-0.2, -0.15) is 5.10 Å². The van der Waals surface area contributed by atoms with Crippen molar-refractivity contribution < 1.29 is 9.53 Å². The Hall–Kier alpha value is -3.41. The second kappa shape index (κ2) is 6.34. The van der Waals surface area contributed by atoms with Gasteiger partial charge < -0.3 is 4.74 Å². The minimum atomic E-state index is -0.287. The van der Waals surface area contributed by atoms with E-state index in [2.05, 4.69) is 25.0 Å². The molecule has 6 heteroatoms. The second-order valence-electron chi connectivity index (χ2n) is 7.39. The third kappa shape index (κ3) is 2.52. The van der Waals surface area contributed by atoms with Gasteiger partial charge in [0.1, 0.15) is 6.61 Å². The zero-order chi connectivity index (χ0) is 19.3. The van der Waals surface area contributed by atoms with E-state index in [0.717, 1.165) is 33.5 Å². The number of benzene rings is 2. The Balaban J connectivity index is 1.59. The maximum Gasteiger partial charge on any atom is 0.414 e. The highest BCUT2D eigenvalue weighted by molar-refractivity contribution is 5.95. The molecule has 3 heterocycles. The molecule has 140 valence electrons. The van der Waals surface area contributed by atoms with Crippen molar-refractivity contribution in [3.8, 4) is 11.4 Å². The van der Waals surface area contributed by atoms with Crippen LogP contribution in [-0.4, -0.2) is 33.3 Å². The Labute approximate surface area is 162 Å². The van der Waals surface area contributed by atoms with Crippen molar-refractivity contribution in [2.45, 2.75) is 19.9 Å². The molecule has 0 aliphatic carbocycles. The molecule has 0 bridgehead atoms. The average Bonchev–Trinajstić information content (AvgIpc) is 3.35. The van der Waals surface area contributed by atoms with E-state index in [1.165, 1.54) is 0 Å². The zero-order valence-corrected chi connectivity index (χ0v) is 15.7. The van der Waals surface area contributed by atoms with Gasteiger partial charge in [0.15, 0.2) is 5.82 Å². The van der Waals surface area contributed by atoms with E-state index in [-0.39, 0.29) is 12.1 Å². The first-order valence-corrected chi connectivity index (χ1v) is 9.42. The first kappa shape index (κ1) is 16.7. The highest BCUT2D eigenvalue weighted by Crippen LogP contribution is 2.30. The van der Waals surface area contributed by atoms with Gasteiger partial charge in [-0.15, -0.1) is 0 Å². The topological polar surface area (TPSA) is 59.7 Å². The van der Waals surface area contributed by atoms with Gasteiger partial charge in [0.2, 0.25) is 0 Å². The summed E-state index contributed by atoms with van der Waals surface area (Å²) in [7, 11) is 0. The Morgan fingerprint density at radius 2 is 1.86 bits per heavy atom. The molecule has 0 N–H and O–H groups in total. The number of rotatable bonds is 3. The zero-order valence-electron chi connectivity index (χ0n) is 15.7. The van der Waals surface area contributed by atoms with Gasteiger partial charge in [-0.25, -0.2) is 14.3 Å². The van der Waals surface area contributed by atoms with Crippen LogP contribution in [0.25, 0.3) is 27.8 Å². The Bertz CT molecular complexity index is 1180. The summed E-state index contributed by atoms with van der Waals surface area (Å²) < 4.78 is 7.12. The largest absolute Gasteiger partial charge is 0.447 e. The fourth-order valence-electron chi connectivity index (χ4n) is 3.81. The summed E-state index contributed by atoms with van der Waals surface area (Å²) in [5, 5.41) is 5.53. The predicted molar refractivity (Wildman–Crippen MR) is 108 cm³/mol. The third-order valence-electron chi connectivity index (χ3n) is 5.33. The number of fused-ring (bicyclic) bond motifs is 3. The standard InChI is InChI=1S/C22H20N4O2/c1-14(2)20-13-28-22(27)25(20)16-9-7-15(8-10-16)21-24-18-6-4-3-5-17(18)19-11-12-23-26(19)21/h3-12,14,20H,13H2,1-2H3/t20-/m1/s1. The molecule has 1 aliphatic heterocycles. The maximum absolute atomic E-state index is 12.2. The monoisotopic (exact) mass is 372 g/mol. The molecule has 1 amide bonds. The van der Waals surface area contributed by atoms with Crippen molar-refractivity contribution in [3.05, 3.63) is 60.8 Å². The Kier molecular flexibility index (Phi) is 3.79. The van der Waals surface area contributed by atoms with Crippen LogP contribution in [0.5, 0.6) is 0 Å². The molecule has 0 unspecified atom stereocenters. The summed E-state index contributed by atoms with van der Waals surface area (Å²) in [4.78, 5) is 18.8. The maximum atomic E-state index is 12.2. The van der Waals surface area contributed by atoms with Gasteiger partial charge in [-0.3, -0.25) is 4.90 Å². The first-order valence-electron chi connectivity index (χ1n) is 9.42. The number of aromatic nitrogens is 3. The van der Waals surface area contributed by atoms with Crippen molar-refractivity contribution in [2.24, 2.45) is 5.92 Å². The number of ether oxygens (including phenoxy) is 1. The lowest BCUT2D eigenvalue weighted by atomic mass is 10.0. The molecule has 28 heavy (non-hydrogen) atoms. The van der Waals surface area contributed by atoms with Crippen LogP contribution >= 0.6 is 0 Å². The van der Waals surface area contributed by atoms with Gasteiger partial charge in [0, 0.05) is 16.6 Å². The smallest absolute Gasteiger partial charge is 0.414 e. The number of carbonyl (C=O) groups is 1. The fourth-order valence-corrected chi connectivity index (χ4v) is 3.81. The van der Waals surface area contributed by atoms with E-state index < -0.39 is 0 Å². The fraction of sp³-hybridized carbons (Fsp3) is 0.227. The predicted octanol–water partition coefficient (Wildman–Crippen LogP) is 4.53. The van der Waals surface area contributed by atoms with Crippen molar-refractivity contribution in [1.29, 1.82) is 0 Å². The number of hydrogen-bond acceptors (Lipinski definition) is 4. The van der Waals surface area contributed by atoms with Gasteiger partial charge in [0.05, 0.1) is 23.3 Å². The van der Waals surface area contributed by atoms with E-state index in [4.69, 9.17) is 9.72 Å². The second-order valence-corrected chi connectivity index (χ2v) is 7.39. The van der Waals surface area contributed by atoms with Crippen LogP contribution < -0.4 is 4.90 Å². The molecule has 1 saturated heterocycles. The molecular formula is C22H20N4O2. The molecule has 1 aliphatic rings. The lowest BCUT2D eigenvalue weighted by molar-refractivity contribution is 0.177. The van der Waals surface area contributed by atoms with Crippen molar-refractivity contribution >= 4 is 28.2 Å². The molecule has 5 rings (SSSR count). The number of carbonyl (C=O) groups excluding carboxylic acids is 1. The van der Waals surface area contributed by atoms with Gasteiger partial charge in [-0.05, 0) is 42.3 Å². The Morgan fingerprint density at radius 1 is 1.07 bits per heavy atom. The molecule has 6 nitrogen and oxygen atoms in total. The summed E-state index contributed by atoms with van der Waals surface area (Å²) in [5.74, 6) is 1.09. The lowest BCUT2D eigenvalue weighted by Crippen LogP contribution is -2.37. The van der Waals surface area contributed by atoms with Crippen LogP contribution in [0.2, 0.25) is 0 Å². The van der Waals surface area contributed by atoms with Crippen molar-refractivity contribution in [2.75, 3.05) is 11.5 Å². The van der Waals surface area contributed by atoms with Crippen LogP contribution in [0.1, 0.15) is 13.8 Å². The minimum absolute atomic E-state index is 0.0509. The van der Waals surface area contributed by atoms with Gasteiger partial charge in [-0.1, -0.05) is 32.0 Å². The molecule has 2 aromatic heterocycles. The highest BCUT2D eigenvalue weighted by Gasteiger charge is 2.36. The Morgan fingerprint density at radius 3 is 2.64 bits per heavy atom. The minimum Gasteiger partial charge on any atom is -0.447 e. The van der Waals surface area contributed by atoms with Gasteiger partial charge in [0.25, 0.3) is 0 Å². The number of anilines is 1. The number of amides is 1. The molecule has 2 aromatic carbocycles. The molecule has 1 fully saturated rings. The lowest BCUT2D eigenvalue weighted by Gasteiger charge is -2.24. The number of hydrogen-bond donors (Lipinski definition) is 0. The van der Waals surface area contributed by atoms with E-state index in [1.807, 2.05) is 53.0 Å². The summed E-state index contributed by atoms with van der Waals surface area (Å²) in [6, 6.07) is 18.0. The van der Waals surface area contributed by atoms with Crippen molar-refractivity contribution in [3.63, 3.8) is 0 Å². The number of nitrogens with zero attached hydrogens (tertiary/aromatic N) is 4. The van der Waals surface area contributed by atoms with Crippen LogP contribution in [0.4, 0.5) is 10.5 Å². The summed E-state index contributed by atoms with van der Waals surface area (Å²) in [6.07, 6.45) is 1.50. The SMILES string of the molecule is CC(C)[C@H]1COC(=O)N1c1ccc(-c2nc3ccccc3c3ccnn23)cc1. The molecule has 4 aromatic rings. The average molecular weight is 372 g/mol. The van der Waals surface area contributed by atoms with Crippen LogP contribution in [0, 0.1) is 5.92 Å². The van der Waals surface area contributed by atoms with E-state index in [0.29, 0.717) is 12.5 Å². The highest BCUT2D eigenvalue weighted by atomic mass is 16.6.